The number of aliphatic hydroxyl groups excluding tert-OH is 1. The summed E-state index contributed by atoms with van der Waals surface area (Å²) in [7, 11) is 9.06. The Balaban J connectivity index is 3.58. The highest BCUT2D eigenvalue weighted by molar-refractivity contribution is 4.43. The number of nitrogens with zero attached hydrogens (tertiary/aromatic N) is 2. The molecule has 0 radical (unpaired) electrons. The van der Waals surface area contributed by atoms with Crippen molar-refractivity contribution in [1.29, 1.82) is 0 Å². The van der Waals surface area contributed by atoms with E-state index in [1.54, 1.807) is 0 Å². The number of hydrogen-bond donors (Lipinski definition) is 1. The van der Waals surface area contributed by atoms with E-state index >= 15 is 0 Å². The van der Waals surface area contributed by atoms with E-state index in [-0.39, 0.29) is 0 Å². The summed E-state index contributed by atoms with van der Waals surface area (Å²) in [5, 5.41) is 8.95. The highest BCUT2D eigenvalue weighted by atomic mass is 16.3. The second kappa shape index (κ2) is 8.06. The molecular formula is C14H34N2O+2. The topological polar surface area (TPSA) is 20.2 Å². The molecule has 0 heterocycles. The van der Waals surface area contributed by atoms with Gasteiger partial charge in [-0.25, -0.2) is 0 Å². The van der Waals surface area contributed by atoms with E-state index in [1.807, 2.05) is 0 Å². The first-order chi connectivity index (χ1) is 7.83. The Morgan fingerprint density at radius 1 is 0.706 bits per heavy atom. The van der Waals surface area contributed by atoms with Crippen molar-refractivity contribution < 1.29 is 14.1 Å². The smallest absolute Gasteiger partial charge is 0.102 e. The molecule has 0 aliphatic rings. The van der Waals surface area contributed by atoms with Gasteiger partial charge in [-0.15, -0.1) is 0 Å². The van der Waals surface area contributed by atoms with Gasteiger partial charge in [0.05, 0.1) is 54.4 Å². The molecule has 0 fully saturated rings. The molecule has 0 atom stereocenters. The van der Waals surface area contributed by atoms with Gasteiger partial charge in [-0.05, 0) is 25.7 Å². The summed E-state index contributed by atoms with van der Waals surface area (Å²) in [6.45, 7) is 7.19. The molecule has 0 aromatic rings. The number of aliphatic hydroxyl groups is 1. The molecule has 0 unspecified atom stereocenters. The van der Waals surface area contributed by atoms with E-state index in [2.05, 4.69) is 35.1 Å². The molecule has 0 aromatic heterocycles. The van der Waals surface area contributed by atoms with Crippen LogP contribution in [0.1, 0.15) is 32.6 Å². The van der Waals surface area contributed by atoms with Crippen molar-refractivity contribution in [2.24, 2.45) is 0 Å². The minimum atomic E-state index is 0.299. The lowest BCUT2D eigenvalue weighted by atomic mass is 10.2. The maximum Gasteiger partial charge on any atom is 0.102 e. The summed E-state index contributed by atoms with van der Waals surface area (Å²) < 4.78 is 2.11. The van der Waals surface area contributed by atoms with E-state index in [9.17, 15) is 0 Å². The molecule has 0 bridgehead atoms. The monoisotopic (exact) mass is 246 g/mol. The largest absolute Gasteiger partial charge is 0.391 e. The molecule has 0 saturated heterocycles. The molecule has 0 amide bonds. The highest BCUT2D eigenvalue weighted by Gasteiger charge is 2.15. The molecule has 0 saturated carbocycles. The lowest BCUT2D eigenvalue weighted by Crippen LogP contribution is -2.43. The molecule has 0 rings (SSSR count). The molecule has 17 heavy (non-hydrogen) atoms. The first-order valence-electron chi connectivity index (χ1n) is 7.08. The summed E-state index contributed by atoms with van der Waals surface area (Å²) in [6, 6.07) is 0. The molecule has 0 aliphatic carbocycles. The van der Waals surface area contributed by atoms with Crippen LogP contribution in [0.4, 0.5) is 0 Å². The lowest BCUT2D eigenvalue weighted by molar-refractivity contribution is -0.892. The van der Waals surface area contributed by atoms with E-state index in [1.165, 1.54) is 45.3 Å². The zero-order valence-corrected chi connectivity index (χ0v) is 12.7. The van der Waals surface area contributed by atoms with Crippen LogP contribution in [0, 0.1) is 0 Å². The van der Waals surface area contributed by atoms with Crippen LogP contribution in [-0.4, -0.2) is 75.0 Å². The number of hydrogen-bond acceptors (Lipinski definition) is 1. The van der Waals surface area contributed by atoms with Crippen molar-refractivity contribution in [3.63, 3.8) is 0 Å². The second-order valence-electron chi connectivity index (χ2n) is 6.55. The molecule has 3 heteroatoms. The van der Waals surface area contributed by atoms with E-state index in [0.717, 1.165) is 15.5 Å². The average Bonchev–Trinajstić information content (AvgIpc) is 2.16. The predicted molar refractivity (Wildman–Crippen MR) is 74.9 cm³/mol. The SMILES string of the molecule is CCC[N+](C)(C)CCCCC[N+](C)(C)CCO. The van der Waals surface area contributed by atoms with E-state index in [4.69, 9.17) is 5.11 Å². The molecule has 1 N–H and O–H groups in total. The minimum Gasteiger partial charge on any atom is -0.391 e. The van der Waals surface area contributed by atoms with Gasteiger partial charge in [0, 0.05) is 0 Å². The Morgan fingerprint density at radius 2 is 1.18 bits per heavy atom. The fourth-order valence-electron chi connectivity index (χ4n) is 2.36. The molecule has 0 spiro atoms. The van der Waals surface area contributed by atoms with Crippen LogP contribution in [0.3, 0.4) is 0 Å². The van der Waals surface area contributed by atoms with Gasteiger partial charge in [0.25, 0.3) is 0 Å². The normalized spacial score (nSPS) is 13.1. The Morgan fingerprint density at radius 3 is 1.59 bits per heavy atom. The predicted octanol–water partition coefficient (Wildman–Crippen LogP) is 1.71. The van der Waals surface area contributed by atoms with Gasteiger partial charge in [-0.2, -0.15) is 0 Å². The second-order valence-corrected chi connectivity index (χ2v) is 6.55. The van der Waals surface area contributed by atoms with Gasteiger partial charge in [-0.1, -0.05) is 6.92 Å². The third-order valence-corrected chi connectivity index (χ3v) is 3.56. The van der Waals surface area contributed by atoms with Gasteiger partial charge >= 0.3 is 0 Å². The van der Waals surface area contributed by atoms with E-state index in [0.29, 0.717) is 6.61 Å². The maximum absolute atomic E-state index is 8.95. The third-order valence-electron chi connectivity index (χ3n) is 3.56. The van der Waals surface area contributed by atoms with Crippen LogP contribution in [0.15, 0.2) is 0 Å². The summed E-state index contributed by atoms with van der Waals surface area (Å²) in [5.74, 6) is 0. The van der Waals surface area contributed by atoms with Crippen LogP contribution < -0.4 is 0 Å². The van der Waals surface area contributed by atoms with Crippen molar-refractivity contribution in [3.8, 4) is 0 Å². The lowest BCUT2D eigenvalue weighted by Gasteiger charge is -2.30. The summed E-state index contributed by atoms with van der Waals surface area (Å²) in [4.78, 5) is 0. The molecule has 104 valence electrons. The molecular weight excluding hydrogens is 212 g/mol. The summed E-state index contributed by atoms with van der Waals surface area (Å²) in [6.07, 6.45) is 5.19. The number of unbranched alkanes of at least 4 members (excludes halogenated alkanes) is 2. The van der Waals surface area contributed by atoms with E-state index < -0.39 is 0 Å². The fourth-order valence-corrected chi connectivity index (χ4v) is 2.36. The number of likely N-dealkylation sites (N-methyl/N-ethyl adjacent to an activating group) is 1. The van der Waals surface area contributed by atoms with Gasteiger partial charge < -0.3 is 14.1 Å². The van der Waals surface area contributed by atoms with Gasteiger partial charge in [0.2, 0.25) is 0 Å². The molecule has 0 aromatic carbocycles. The number of rotatable bonds is 10. The van der Waals surface area contributed by atoms with Crippen LogP contribution >= 0.6 is 0 Å². The van der Waals surface area contributed by atoms with Crippen LogP contribution in [0.2, 0.25) is 0 Å². The van der Waals surface area contributed by atoms with Crippen molar-refractivity contribution in [3.05, 3.63) is 0 Å². The van der Waals surface area contributed by atoms with Crippen molar-refractivity contribution in [2.45, 2.75) is 32.6 Å². The van der Waals surface area contributed by atoms with Gasteiger partial charge in [0.15, 0.2) is 0 Å². The van der Waals surface area contributed by atoms with Crippen LogP contribution in [0.5, 0.6) is 0 Å². The Bertz CT molecular complexity index is 171. The minimum absolute atomic E-state index is 0.299. The standard InChI is InChI=1S/C14H34N2O/c1-6-10-15(2,3)11-8-7-9-12-16(4,5)13-14-17/h17H,6-14H2,1-5H3/q+2. The number of quaternary nitrogens is 2. The van der Waals surface area contributed by atoms with Gasteiger partial charge in [0.1, 0.15) is 6.54 Å². The summed E-state index contributed by atoms with van der Waals surface area (Å²) >= 11 is 0. The van der Waals surface area contributed by atoms with Crippen molar-refractivity contribution in [2.75, 3.05) is 61.0 Å². The zero-order chi connectivity index (χ0) is 13.4. The maximum atomic E-state index is 8.95. The first-order valence-corrected chi connectivity index (χ1v) is 7.08. The van der Waals surface area contributed by atoms with Crippen LogP contribution in [0.25, 0.3) is 0 Å². The fraction of sp³-hybridized carbons (Fsp3) is 1.00. The van der Waals surface area contributed by atoms with Crippen molar-refractivity contribution in [1.82, 2.24) is 0 Å². The molecule has 0 aliphatic heterocycles. The average molecular weight is 246 g/mol. The molecule has 3 nitrogen and oxygen atoms in total. The third kappa shape index (κ3) is 9.57. The zero-order valence-electron chi connectivity index (χ0n) is 12.7. The Hall–Kier alpha value is -0.120. The highest BCUT2D eigenvalue weighted by Crippen LogP contribution is 2.07. The first kappa shape index (κ1) is 16.9. The quantitative estimate of drug-likeness (QED) is 0.460. The van der Waals surface area contributed by atoms with Crippen molar-refractivity contribution >= 4 is 0 Å². The van der Waals surface area contributed by atoms with Gasteiger partial charge in [-0.3, -0.25) is 0 Å². The Kier molecular flexibility index (Phi) is 8.01. The Labute approximate surface area is 108 Å². The van der Waals surface area contributed by atoms with Crippen LogP contribution in [-0.2, 0) is 0 Å². The summed E-state index contributed by atoms with van der Waals surface area (Å²) in [5.41, 5.74) is 0.